The van der Waals surface area contributed by atoms with Gasteiger partial charge in [-0.1, -0.05) is 12.5 Å². The van der Waals surface area contributed by atoms with Crippen LogP contribution in [0.25, 0.3) is 27.8 Å². The highest BCUT2D eigenvalue weighted by Crippen LogP contribution is 2.44. The first kappa shape index (κ1) is 28.8. The van der Waals surface area contributed by atoms with Crippen LogP contribution < -0.4 is 10.9 Å². The molecule has 2 saturated carbocycles. The first-order chi connectivity index (χ1) is 21.1. The Morgan fingerprint density at radius 2 is 1.75 bits per heavy atom. The third-order valence-corrected chi connectivity index (χ3v) is 8.81. The summed E-state index contributed by atoms with van der Waals surface area (Å²) in [6.45, 7) is 1.29. The maximum atomic E-state index is 14.3. The number of nitrogens with one attached hydrogen (secondary N) is 2. The number of carbonyl (C=O) groups is 1. The molecule has 0 spiro atoms. The summed E-state index contributed by atoms with van der Waals surface area (Å²) >= 11 is 0. The minimum absolute atomic E-state index is 0.167. The maximum absolute atomic E-state index is 14.3. The number of halogens is 4. The molecular formula is C33H33F4N5O2. The number of hydrogen-bond acceptors (Lipinski definition) is 4. The van der Waals surface area contributed by atoms with E-state index in [1.165, 1.54) is 31.4 Å². The Balaban J connectivity index is 1.32. The van der Waals surface area contributed by atoms with Gasteiger partial charge in [-0.25, -0.2) is 9.37 Å². The monoisotopic (exact) mass is 607 g/mol. The molecule has 230 valence electrons. The van der Waals surface area contributed by atoms with E-state index in [-0.39, 0.29) is 22.6 Å². The molecule has 3 aliphatic rings. The van der Waals surface area contributed by atoms with Crippen LogP contribution in [0.15, 0.2) is 47.4 Å². The molecule has 1 aliphatic heterocycles. The van der Waals surface area contributed by atoms with Crippen molar-refractivity contribution in [2.24, 2.45) is 0 Å². The fourth-order valence-electron chi connectivity index (χ4n) is 6.26. The van der Waals surface area contributed by atoms with Gasteiger partial charge in [-0.2, -0.15) is 13.2 Å². The Morgan fingerprint density at radius 1 is 1.00 bits per heavy atom. The minimum atomic E-state index is -4.61. The van der Waals surface area contributed by atoms with Crippen LogP contribution in [-0.4, -0.2) is 51.2 Å². The summed E-state index contributed by atoms with van der Waals surface area (Å²) in [5.74, 6) is -0.914. The molecular weight excluding hydrogens is 574 g/mol. The molecule has 4 aromatic rings. The first-order valence-electron chi connectivity index (χ1n) is 15.3. The summed E-state index contributed by atoms with van der Waals surface area (Å²) in [5.41, 5.74) is 3.60. The molecule has 0 unspecified atom stereocenters. The smallest absolute Gasteiger partial charge is 0.353 e. The molecule has 0 radical (unpaired) electrons. The number of H-pyrrole nitrogens is 1. The highest BCUT2D eigenvalue weighted by molar-refractivity contribution is 6.01. The molecule has 1 aromatic carbocycles. The van der Waals surface area contributed by atoms with Crippen LogP contribution in [0.1, 0.15) is 84.1 Å². The van der Waals surface area contributed by atoms with Crippen molar-refractivity contribution in [1.82, 2.24) is 24.8 Å². The third kappa shape index (κ3) is 6.02. The SMILES string of the molecule is O=C(NCC(F)(F)F)c1cc(F)ccc1-c1cc(C2CC2)nc(-n2cc(C3CC3)c3cc(CN4CCCCC4)[nH]c3c2=O)c1. The zero-order valence-electron chi connectivity index (χ0n) is 24.1. The largest absolute Gasteiger partial charge is 0.405 e. The summed E-state index contributed by atoms with van der Waals surface area (Å²) in [5, 5.41) is 2.78. The maximum Gasteiger partial charge on any atom is 0.405 e. The fraction of sp³-hybridized carbons (Fsp3) is 0.424. The van der Waals surface area contributed by atoms with Gasteiger partial charge in [-0.05, 0) is 105 Å². The zero-order chi connectivity index (χ0) is 30.6. The molecule has 1 saturated heterocycles. The molecule has 2 aliphatic carbocycles. The van der Waals surface area contributed by atoms with Crippen molar-refractivity contribution >= 4 is 16.8 Å². The number of aromatic amines is 1. The molecule has 7 rings (SSSR count). The lowest BCUT2D eigenvalue weighted by molar-refractivity contribution is -0.123. The van der Waals surface area contributed by atoms with E-state index in [0.29, 0.717) is 22.8 Å². The second kappa shape index (κ2) is 11.2. The number of amides is 1. The summed E-state index contributed by atoms with van der Waals surface area (Å²) < 4.78 is 54.4. The molecule has 4 heterocycles. The molecule has 11 heteroatoms. The van der Waals surface area contributed by atoms with E-state index >= 15 is 0 Å². The van der Waals surface area contributed by atoms with Crippen LogP contribution in [0.3, 0.4) is 0 Å². The van der Waals surface area contributed by atoms with E-state index < -0.39 is 24.4 Å². The number of benzene rings is 1. The van der Waals surface area contributed by atoms with Gasteiger partial charge in [0.15, 0.2) is 0 Å². The number of hydrogen-bond donors (Lipinski definition) is 2. The van der Waals surface area contributed by atoms with Gasteiger partial charge in [0.2, 0.25) is 0 Å². The van der Waals surface area contributed by atoms with Gasteiger partial charge in [-0.3, -0.25) is 19.1 Å². The van der Waals surface area contributed by atoms with Crippen LogP contribution in [0, 0.1) is 5.82 Å². The summed E-state index contributed by atoms with van der Waals surface area (Å²) in [6.07, 6.45) is 4.73. The molecule has 44 heavy (non-hydrogen) atoms. The number of carbonyl (C=O) groups excluding carboxylic acids is 1. The van der Waals surface area contributed by atoms with E-state index in [2.05, 4.69) is 16.0 Å². The first-order valence-corrected chi connectivity index (χ1v) is 15.3. The van der Waals surface area contributed by atoms with E-state index in [1.54, 1.807) is 16.7 Å². The number of rotatable bonds is 8. The van der Waals surface area contributed by atoms with Crippen molar-refractivity contribution in [2.75, 3.05) is 19.6 Å². The predicted octanol–water partition coefficient (Wildman–Crippen LogP) is 6.55. The summed E-state index contributed by atoms with van der Waals surface area (Å²) in [6, 6.07) is 9.02. The normalized spacial score (nSPS) is 17.7. The van der Waals surface area contributed by atoms with Gasteiger partial charge in [0, 0.05) is 35.4 Å². The van der Waals surface area contributed by atoms with Crippen LogP contribution in [-0.2, 0) is 6.54 Å². The number of likely N-dealkylation sites (tertiary alicyclic amines) is 1. The van der Waals surface area contributed by atoms with Gasteiger partial charge in [0.25, 0.3) is 11.5 Å². The molecule has 7 nitrogen and oxygen atoms in total. The lowest BCUT2D eigenvalue weighted by Crippen LogP contribution is -2.34. The van der Waals surface area contributed by atoms with E-state index in [9.17, 15) is 27.2 Å². The molecule has 3 fully saturated rings. The van der Waals surface area contributed by atoms with Gasteiger partial charge in [-0.15, -0.1) is 0 Å². The molecule has 2 N–H and O–H groups in total. The third-order valence-electron chi connectivity index (χ3n) is 8.81. The Labute approximate surface area is 251 Å². The van der Waals surface area contributed by atoms with Crippen LogP contribution in [0.4, 0.5) is 17.6 Å². The number of pyridine rings is 2. The average Bonchev–Trinajstić information content (AvgIpc) is 3.94. The predicted molar refractivity (Wildman–Crippen MR) is 159 cm³/mol. The molecule has 3 aromatic heterocycles. The fourth-order valence-corrected chi connectivity index (χ4v) is 6.26. The summed E-state index contributed by atoms with van der Waals surface area (Å²) in [4.78, 5) is 37.5. The summed E-state index contributed by atoms with van der Waals surface area (Å²) in [7, 11) is 0. The van der Waals surface area contributed by atoms with Gasteiger partial charge in [0.05, 0.1) is 5.56 Å². The van der Waals surface area contributed by atoms with Crippen molar-refractivity contribution in [1.29, 1.82) is 0 Å². The Morgan fingerprint density at radius 3 is 2.45 bits per heavy atom. The molecule has 0 bridgehead atoms. The Kier molecular flexibility index (Phi) is 7.31. The number of fused-ring (bicyclic) bond motifs is 1. The van der Waals surface area contributed by atoms with Gasteiger partial charge < -0.3 is 10.3 Å². The van der Waals surface area contributed by atoms with Crippen molar-refractivity contribution in [3.63, 3.8) is 0 Å². The Hall–Kier alpha value is -3.99. The quantitative estimate of drug-likeness (QED) is 0.223. The lowest BCUT2D eigenvalue weighted by Gasteiger charge is -2.25. The standard InChI is InChI=1S/C33H33F4N5O2/c34-22-8-9-24(26(14-22)31(43)38-18-33(35,36)37)21-12-28(20-6-7-20)40-29(13-21)42-17-27(19-4-5-19)25-15-23(39-30(25)32(42)44)16-41-10-2-1-3-11-41/h8-9,12-15,17,19-20,39H,1-7,10-11,16,18H2,(H,38,43). The van der Waals surface area contributed by atoms with Crippen molar-refractivity contribution in [3.05, 3.63) is 81.3 Å². The highest BCUT2D eigenvalue weighted by Gasteiger charge is 2.31. The second-order valence-corrected chi connectivity index (χ2v) is 12.4. The van der Waals surface area contributed by atoms with E-state index in [1.807, 2.05) is 11.5 Å². The van der Waals surface area contributed by atoms with E-state index in [4.69, 9.17) is 4.98 Å². The van der Waals surface area contributed by atoms with Gasteiger partial charge >= 0.3 is 6.18 Å². The average molecular weight is 608 g/mol. The topological polar surface area (TPSA) is 83.0 Å². The highest BCUT2D eigenvalue weighted by atomic mass is 19.4. The van der Waals surface area contributed by atoms with Crippen LogP contribution >= 0.6 is 0 Å². The number of piperidine rings is 1. The number of alkyl halides is 3. The Bertz CT molecular complexity index is 1800. The van der Waals surface area contributed by atoms with Crippen molar-refractivity contribution < 1.29 is 22.4 Å². The number of nitrogens with zero attached hydrogens (tertiary/aromatic N) is 3. The van der Waals surface area contributed by atoms with Gasteiger partial charge in [0.1, 0.15) is 23.7 Å². The zero-order valence-corrected chi connectivity index (χ0v) is 24.1. The molecule has 0 atom stereocenters. The van der Waals surface area contributed by atoms with Crippen molar-refractivity contribution in [3.8, 4) is 16.9 Å². The lowest BCUT2D eigenvalue weighted by atomic mass is 9.98. The molecule has 1 amide bonds. The van der Waals surface area contributed by atoms with Crippen molar-refractivity contribution in [2.45, 2.75) is 69.5 Å². The minimum Gasteiger partial charge on any atom is -0.353 e. The van der Waals surface area contributed by atoms with Crippen LogP contribution in [0.2, 0.25) is 0 Å². The number of aromatic nitrogens is 3. The van der Waals surface area contributed by atoms with E-state index in [0.717, 1.165) is 73.7 Å². The second-order valence-electron chi connectivity index (χ2n) is 12.4. The van der Waals surface area contributed by atoms with Crippen LogP contribution in [0.5, 0.6) is 0 Å².